The molecule has 0 saturated carbocycles. The summed E-state index contributed by atoms with van der Waals surface area (Å²) in [6.45, 7) is 4.53. The number of hydrogen-bond acceptors (Lipinski definition) is 8. The Hall–Kier alpha value is -3.21. The predicted octanol–water partition coefficient (Wildman–Crippen LogP) is 0.980. The number of amides is 1. The summed E-state index contributed by atoms with van der Waals surface area (Å²) in [5, 5.41) is 6.07. The van der Waals surface area contributed by atoms with E-state index in [1.807, 2.05) is 0 Å². The number of aliphatic imine (C=N–C) groups is 1. The molecule has 28 heavy (non-hydrogen) atoms. The average Bonchev–Trinajstić information content (AvgIpc) is 3.15. The summed E-state index contributed by atoms with van der Waals surface area (Å²) in [6.07, 6.45) is -1.12. The van der Waals surface area contributed by atoms with Crippen LogP contribution in [0.3, 0.4) is 0 Å². The minimum absolute atomic E-state index is 0.0503. The molecule has 3 rings (SSSR count). The molecular weight excluding hydrogens is 388 g/mol. The smallest absolute Gasteiger partial charge is 0.331 e. The van der Waals surface area contributed by atoms with E-state index in [1.165, 1.54) is 26.0 Å². The fraction of sp³-hybridized carbons (Fsp3) is 0.294. The molecule has 1 aromatic heterocycles. The number of carbonyl (C=O) groups is 2. The van der Waals surface area contributed by atoms with Crippen LogP contribution in [0.2, 0.25) is 0 Å². The van der Waals surface area contributed by atoms with Gasteiger partial charge in [0.2, 0.25) is 5.88 Å². The fourth-order valence-electron chi connectivity index (χ4n) is 2.45. The first-order valence-corrected chi connectivity index (χ1v) is 9.80. The van der Waals surface area contributed by atoms with Crippen molar-refractivity contribution < 1.29 is 27.3 Å². The van der Waals surface area contributed by atoms with Crippen LogP contribution >= 0.6 is 0 Å². The van der Waals surface area contributed by atoms with Gasteiger partial charge in [0.1, 0.15) is 11.9 Å². The first kappa shape index (κ1) is 19.5. The van der Waals surface area contributed by atoms with Crippen molar-refractivity contribution in [3.05, 3.63) is 41.6 Å². The van der Waals surface area contributed by atoms with Crippen molar-refractivity contribution in [2.24, 2.45) is 4.99 Å². The van der Waals surface area contributed by atoms with Gasteiger partial charge in [0.15, 0.2) is 6.10 Å². The van der Waals surface area contributed by atoms with Crippen molar-refractivity contribution in [3.8, 4) is 0 Å². The molecule has 1 amide bonds. The zero-order valence-electron chi connectivity index (χ0n) is 15.3. The highest BCUT2D eigenvalue weighted by atomic mass is 32.2. The Kier molecular flexibility index (Phi) is 5.18. The summed E-state index contributed by atoms with van der Waals surface area (Å²) in [4.78, 5) is 28.5. The molecule has 148 valence electrons. The molecule has 0 bridgehead atoms. The summed E-state index contributed by atoms with van der Waals surface area (Å²) in [5.41, 5.74) is 0.956. The number of carbonyl (C=O) groups excluding carboxylic acids is 2. The van der Waals surface area contributed by atoms with Crippen molar-refractivity contribution in [2.45, 2.75) is 37.8 Å². The van der Waals surface area contributed by atoms with Crippen molar-refractivity contribution in [1.29, 1.82) is 0 Å². The summed E-state index contributed by atoms with van der Waals surface area (Å²) < 4.78 is 36.4. The minimum atomic E-state index is -3.71. The predicted molar refractivity (Wildman–Crippen MR) is 98.2 cm³/mol. The molecule has 0 radical (unpaired) electrons. The SMILES string of the molecule is Cc1cc(NC(=O)C(C)OC(=O)[C@H](C)N=C2NS(=O)(=O)c3ccccc32)on1. The Balaban J connectivity index is 1.66. The van der Waals surface area contributed by atoms with Crippen LogP contribution in [0.4, 0.5) is 5.88 Å². The Morgan fingerprint density at radius 3 is 2.68 bits per heavy atom. The highest BCUT2D eigenvalue weighted by Crippen LogP contribution is 2.22. The minimum Gasteiger partial charge on any atom is -0.451 e. The molecule has 2 heterocycles. The molecule has 2 N–H and O–H groups in total. The van der Waals surface area contributed by atoms with Crippen molar-refractivity contribution >= 4 is 33.6 Å². The molecule has 2 aromatic rings. The number of hydrogen-bond donors (Lipinski definition) is 2. The number of fused-ring (bicyclic) bond motifs is 1. The third-order valence-electron chi connectivity index (χ3n) is 3.86. The molecule has 0 spiro atoms. The number of aromatic nitrogens is 1. The molecule has 11 heteroatoms. The number of rotatable bonds is 5. The first-order chi connectivity index (χ1) is 13.2. The second kappa shape index (κ2) is 7.43. The Morgan fingerprint density at radius 2 is 2.00 bits per heavy atom. The lowest BCUT2D eigenvalue weighted by Gasteiger charge is -2.14. The number of benzene rings is 1. The van der Waals surface area contributed by atoms with Gasteiger partial charge in [-0.15, -0.1) is 0 Å². The Labute approximate surface area is 161 Å². The first-order valence-electron chi connectivity index (χ1n) is 8.32. The summed E-state index contributed by atoms with van der Waals surface area (Å²) >= 11 is 0. The van der Waals surface area contributed by atoms with Crippen LogP contribution in [0.15, 0.2) is 44.7 Å². The highest BCUT2D eigenvalue weighted by Gasteiger charge is 2.31. The monoisotopic (exact) mass is 406 g/mol. The Bertz CT molecular complexity index is 1060. The molecule has 1 unspecified atom stereocenters. The van der Waals surface area contributed by atoms with E-state index >= 15 is 0 Å². The van der Waals surface area contributed by atoms with Crippen LogP contribution in [-0.2, 0) is 24.3 Å². The largest absolute Gasteiger partial charge is 0.451 e. The third kappa shape index (κ3) is 4.03. The van der Waals surface area contributed by atoms with Crippen LogP contribution in [0.25, 0.3) is 0 Å². The zero-order valence-corrected chi connectivity index (χ0v) is 16.1. The number of ether oxygens (including phenoxy) is 1. The topological polar surface area (TPSA) is 140 Å². The molecule has 0 saturated heterocycles. The van der Waals surface area contributed by atoms with Gasteiger partial charge in [-0.25, -0.2) is 13.2 Å². The lowest BCUT2D eigenvalue weighted by molar-refractivity contribution is -0.154. The van der Waals surface area contributed by atoms with E-state index in [4.69, 9.17) is 9.26 Å². The number of aryl methyl sites for hydroxylation is 1. The number of nitrogens with one attached hydrogen (secondary N) is 2. The molecular formula is C17H18N4O6S. The van der Waals surface area contributed by atoms with E-state index in [9.17, 15) is 18.0 Å². The second-order valence-electron chi connectivity index (χ2n) is 6.16. The van der Waals surface area contributed by atoms with Gasteiger partial charge < -0.3 is 9.26 Å². The van der Waals surface area contributed by atoms with Gasteiger partial charge in [0.05, 0.1) is 10.6 Å². The van der Waals surface area contributed by atoms with E-state index in [-0.39, 0.29) is 16.6 Å². The van der Waals surface area contributed by atoms with Gasteiger partial charge in [0, 0.05) is 11.6 Å². The number of amidine groups is 1. The van der Waals surface area contributed by atoms with Crippen LogP contribution in [0.1, 0.15) is 25.1 Å². The van der Waals surface area contributed by atoms with E-state index in [1.54, 1.807) is 25.1 Å². The summed E-state index contributed by atoms with van der Waals surface area (Å²) in [5.74, 6) is -1.20. The maximum absolute atomic E-state index is 12.3. The van der Waals surface area contributed by atoms with E-state index < -0.39 is 34.0 Å². The molecule has 2 atom stereocenters. The van der Waals surface area contributed by atoms with Crippen LogP contribution in [0, 0.1) is 6.92 Å². The van der Waals surface area contributed by atoms with Crippen LogP contribution in [-0.4, -0.2) is 43.4 Å². The van der Waals surface area contributed by atoms with E-state index in [0.29, 0.717) is 11.3 Å². The van der Waals surface area contributed by atoms with Gasteiger partial charge in [-0.2, -0.15) is 0 Å². The van der Waals surface area contributed by atoms with E-state index in [0.717, 1.165) is 0 Å². The molecule has 0 aliphatic carbocycles. The maximum Gasteiger partial charge on any atom is 0.331 e. The molecule has 1 aliphatic heterocycles. The number of sulfonamides is 1. The highest BCUT2D eigenvalue weighted by molar-refractivity contribution is 7.90. The maximum atomic E-state index is 12.3. The number of anilines is 1. The second-order valence-corrected chi connectivity index (χ2v) is 7.81. The Morgan fingerprint density at radius 1 is 1.29 bits per heavy atom. The molecule has 0 fully saturated rings. The average molecular weight is 406 g/mol. The van der Waals surface area contributed by atoms with E-state index in [2.05, 4.69) is 20.2 Å². The van der Waals surface area contributed by atoms with Crippen molar-refractivity contribution in [3.63, 3.8) is 0 Å². The van der Waals surface area contributed by atoms with Crippen LogP contribution in [0.5, 0.6) is 0 Å². The summed E-state index contributed by atoms with van der Waals surface area (Å²) in [6, 6.07) is 6.77. The standard InChI is InChI=1S/C17H18N4O6S/c1-9-8-14(27-20-9)19-16(22)11(3)26-17(23)10(2)18-15-12-6-4-5-7-13(12)28(24,25)21-15/h4-8,10-11H,1-3H3,(H,18,21)(H,19,22)/t10-,11?/m0/s1. The van der Waals surface area contributed by atoms with Gasteiger partial charge in [0.25, 0.3) is 15.9 Å². The van der Waals surface area contributed by atoms with Gasteiger partial charge >= 0.3 is 5.97 Å². The third-order valence-corrected chi connectivity index (χ3v) is 5.26. The van der Waals surface area contributed by atoms with Crippen molar-refractivity contribution in [1.82, 2.24) is 9.88 Å². The van der Waals surface area contributed by atoms with Gasteiger partial charge in [-0.3, -0.25) is 19.8 Å². The molecule has 1 aromatic carbocycles. The molecule has 10 nitrogen and oxygen atoms in total. The zero-order chi connectivity index (χ0) is 20.5. The fourth-order valence-corrected chi connectivity index (χ4v) is 3.69. The molecule has 1 aliphatic rings. The number of esters is 1. The van der Waals surface area contributed by atoms with Gasteiger partial charge in [-0.05, 0) is 32.9 Å². The lowest BCUT2D eigenvalue weighted by Crippen LogP contribution is -2.33. The lowest BCUT2D eigenvalue weighted by atomic mass is 10.2. The number of nitrogens with zero attached hydrogens (tertiary/aromatic N) is 2. The quantitative estimate of drug-likeness (QED) is 0.705. The van der Waals surface area contributed by atoms with Crippen molar-refractivity contribution in [2.75, 3.05) is 5.32 Å². The normalized spacial score (nSPS) is 18.0. The van der Waals surface area contributed by atoms with Crippen LogP contribution < -0.4 is 10.0 Å². The summed E-state index contributed by atoms with van der Waals surface area (Å²) in [7, 11) is -3.71. The van der Waals surface area contributed by atoms with Gasteiger partial charge in [-0.1, -0.05) is 17.3 Å².